The van der Waals surface area contributed by atoms with Crippen LogP contribution in [0.15, 0.2) is 243 Å². The Labute approximate surface area is 391 Å². The zero-order chi connectivity index (χ0) is 44.7. The second-order valence-corrected chi connectivity index (χ2v) is 17.4. The van der Waals surface area contributed by atoms with Gasteiger partial charge in [-0.3, -0.25) is 4.57 Å². The molecule has 6 nitrogen and oxygen atoms in total. The lowest BCUT2D eigenvalue weighted by molar-refractivity contribution is 1.07. The molecule has 4 aromatic heterocycles. The number of aromatic nitrogens is 6. The van der Waals surface area contributed by atoms with Gasteiger partial charge in [-0.2, -0.15) is 0 Å². The van der Waals surface area contributed by atoms with Gasteiger partial charge in [-0.1, -0.05) is 164 Å². The number of rotatable bonds is 7. The van der Waals surface area contributed by atoms with E-state index in [-0.39, 0.29) is 0 Å². The van der Waals surface area contributed by atoms with Crippen LogP contribution in [0.2, 0.25) is 0 Å². The summed E-state index contributed by atoms with van der Waals surface area (Å²) in [5.41, 5.74) is 15.6. The van der Waals surface area contributed by atoms with Crippen LogP contribution in [0.3, 0.4) is 0 Å². The van der Waals surface area contributed by atoms with Crippen molar-refractivity contribution in [1.29, 1.82) is 0 Å². The molecule has 0 aliphatic heterocycles. The predicted molar refractivity (Wildman–Crippen MR) is 281 cm³/mol. The SMILES string of the molecule is c1ccc(-c2nnc(-c3ccc4c(c3)c3ccccc3n4-c3ccccc3-c3ccccc3-n3c4ccccc4c4c3ccc3c5ccccc5n(-c5ccccc5)c34)n2-c2ccccc2)cc1. The van der Waals surface area contributed by atoms with Crippen molar-refractivity contribution in [2.24, 2.45) is 0 Å². The molecule has 0 spiro atoms. The summed E-state index contributed by atoms with van der Waals surface area (Å²) in [6.45, 7) is 0. The lowest BCUT2D eigenvalue weighted by Crippen LogP contribution is -2.01. The number of benzene rings is 10. The van der Waals surface area contributed by atoms with Gasteiger partial charge in [0.15, 0.2) is 11.6 Å². The first-order chi connectivity index (χ1) is 33.8. The van der Waals surface area contributed by atoms with Gasteiger partial charge in [0.25, 0.3) is 0 Å². The zero-order valence-electron chi connectivity index (χ0n) is 36.8. The molecule has 14 rings (SSSR count). The van der Waals surface area contributed by atoms with Crippen LogP contribution in [0.4, 0.5) is 0 Å². The van der Waals surface area contributed by atoms with Crippen LogP contribution in [0.1, 0.15) is 0 Å². The molecule has 0 N–H and O–H groups in total. The van der Waals surface area contributed by atoms with E-state index in [4.69, 9.17) is 10.2 Å². The number of hydrogen-bond acceptors (Lipinski definition) is 2. The first kappa shape index (κ1) is 38.1. The van der Waals surface area contributed by atoms with Crippen molar-refractivity contribution < 1.29 is 0 Å². The highest BCUT2D eigenvalue weighted by Crippen LogP contribution is 2.45. The first-order valence-corrected chi connectivity index (χ1v) is 23.1. The Morgan fingerprint density at radius 1 is 0.265 bits per heavy atom. The van der Waals surface area contributed by atoms with Crippen molar-refractivity contribution in [3.05, 3.63) is 243 Å². The van der Waals surface area contributed by atoms with E-state index in [2.05, 4.69) is 237 Å². The Bertz CT molecular complexity index is 4250. The molecule has 0 unspecified atom stereocenters. The summed E-state index contributed by atoms with van der Waals surface area (Å²) in [5, 5.41) is 16.9. The highest BCUT2D eigenvalue weighted by atomic mass is 15.3. The molecule has 10 aromatic carbocycles. The predicted octanol–water partition coefficient (Wildman–Crippen LogP) is 15.6. The van der Waals surface area contributed by atoms with E-state index in [1.807, 2.05) is 24.3 Å². The summed E-state index contributed by atoms with van der Waals surface area (Å²) in [5.74, 6) is 1.59. The van der Waals surface area contributed by atoms with E-state index in [1.165, 1.54) is 38.0 Å². The molecule has 0 saturated heterocycles. The van der Waals surface area contributed by atoms with Gasteiger partial charge in [-0.05, 0) is 78.9 Å². The molecule has 0 saturated carbocycles. The largest absolute Gasteiger partial charge is 0.309 e. The van der Waals surface area contributed by atoms with Gasteiger partial charge < -0.3 is 13.7 Å². The van der Waals surface area contributed by atoms with Crippen molar-refractivity contribution in [2.45, 2.75) is 0 Å². The van der Waals surface area contributed by atoms with Crippen molar-refractivity contribution in [3.63, 3.8) is 0 Å². The summed E-state index contributed by atoms with van der Waals surface area (Å²) in [4.78, 5) is 0. The summed E-state index contributed by atoms with van der Waals surface area (Å²) in [7, 11) is 0. The topological polar surface area (TPSA) is 45.5 Å². The van der Waals surface area contributed by atoms with Gasteiger partial charge in [0, 0.05) is 65.9 Å². The van der Waals surface area contributed by atoms with Crippen LogP contribution >= 0.6 is 0 Å². The van der Waals surface area contributed by atoms with Gasteiger partial charge in [0.05, 0.1) is 44.5 Å². The fourth-order valence-corrected chi connectivity index (χ4v) is 10.8. The van der Waals surface area contributed by atoms with Gasteiger partial charge >= 0.3 is 0 Å². The zero-order valence-corrected chi connectivity index (χ0v) is 36.8. The third-order valence-electron chi connectivity index (χ3n) is 13.7. The Hall–Kier alpha value is -9.26. The van der Waals surface area contributed by atoms with Crippen LogP contribution in [0, 0.1) is 0 Å². The third-order valence-corrected chi connectivity index (χ3v) is 13.7. The molecule has 0 bridgehead atoms. The van der Waals surface area contributed by atoms with Gasteiger partial charge in [-0.25, -0.2) is 0 Å². The van der Waals surface area contributed by atoms with Crippen LogP contribution < -0.4 is 0 Å². The molecule has 0 atom stereocenters. The third kappa shape index (κ3) is 5.64. The van der Waals surface area contributed by atoms with E-state index in [9.17, 15) is 0 Å². The quantitative estimate of drug-likeness (QED) is 0.160. The first-order valence-electron chi connectivity index (χ1n) is 23.1. The molecule has 68 heavy (non-hydrogen) atoms. The van der Waals surface area contributed by atoms with Crippen molar-refractivity contribution in [3.8, 4) is 56.7 Å². The second kappa shape index (κ2) is 15.2. The molecular formula is C62H40N6. The highest BCUT2D eigenvalue weighted by molar-refractivity contribution is 6.26. The van der Waals surface area contributed by atoms with Crippen LogP contribution in [0.25, 0.3) is 122 Å². The molecule has 0 radical (unpaired) electrons. The second-order valence-electron chi connectivity index (χ2n) is 17.4. The average molecular weight is 869 g/mol. The highest BCUT2D eigenvalue weighted by Gasteiger charge is 2.24. The lowest BCUT2D eigenvalue weighted by Gasteiger charge is -2.18. The fraction of sp³-hybridized carbons (Fsp3) is 0. The van der Waals surface area contributed by atoms with E-state index >= 15 is 0 Å². The Balaban J connectivity index is 0.986. The maximum absolute atomic E-state index is 4.87. The molecule has 0 fully saturated rings. The minimum atomic E-state index is 0.788. The minimum absolute atomic E-state index is 0.788. The van der Waals surface area contributed by atoms with E-state index in [1.54, 1.807) is 0 Å². The molecule has 14 aromatic rings. The van der Waals surface area contributed by atoms with E-state index in [0.717, 1.165) is 84.1 Å². The molecule has 4 heterocycles. The van der Waals surface area contributed by atoms with E-state index in [0.29, 0.717) is 0 Å². The Kier molecular flexibility index (Phi) is 8.48. The monoisotopic (exact) mass is 868 g/mol. The normalized spacial score (nSPS) is 11.8. The summed E-state index contributed by atoms with van der Waals surface area (Å²) >= 11 is 0. The van der Waals surface area contributed by atoms with Gasteiger partial charge in [0.2, 0.25) is 0 Å². The van der Waals surface area contributed by atoms with Gasteiger partial charge in [-0.15, -0.1) is 10.2 Å². The van der Waals surface area contributed by atoms with E-state index < -0.39 is 0 Å². The van der Waals surface area contributed by atoms with Gasteiger partial charge in [0.1, 0.15) is 0 Å². The number of hydrogen-bond donors (Lipinski definition) is 0. The standard InChI is InChI=1S/C62H40N6/c1-4-20-41(21-5-1)61-63-64-62(66(61)44-24-8-3-9-25-44)42-36-38-57-51(40-42)48-29-13-18-34-55(48)67(57)53-32-16-10-26-45(53)46-27-11-17-33-54(46)68-56-35-19-14-30-50(56)59-58(68)39-37-49-47-28-12-15-31-52(47)65(60(49)59)43-22-6-2-7-23-43/h1-40H. The Morgan fingerprint density at radius 3 is 1.35 bits per heavy atom. The minimum Gasteiger partial charge on any atom is -0.309 e. The van der Waals surface area contributed by atoms with Crippen LogP contribution in [-0.2, 0) is 0 Å². The lowest BCUT2D eigenvalue weighted by atomic mass is 10.0. The van der Waals surface area contributed by atoms with Crippen molar-refractivity contribution in [2.75, 3.05) is 0 Å². The number of fused-ring (bicyclic) bond motifs is 10. The number of para-hydroxylation sites is 7. The summed E-state index contributed by atoms with van der Waals surface area (Å²) in [6.07, 6.45) is 0. The molecule has 0 amide bonds. The maximum Gasteiger partial charge on any atom is 0.168 e. The molecular weight excluding hydrogens is 829 g/mol. The molecule has 0 aliphatic rings. The molecule has 318 valence electrons. The summed E-state index contributed by atoms with van der Waals surface area (Å²) < 4.78 is 9.54. The van der Waals surface area contributed by atoms with Crippen molar-refractivity contribution in [1.82, 2.24) is 28.5 Å². The Morgan fingerprint density at radius 2 is 0.706 bits per heavy atom. The molecule has 6 heteroatoms. The van der Waals surface area contributed by atoms with Crippen LogP contribution in [0.5, 0.6) is 0 Å². The summed E-state index contributed by atoms with van der Waals surface area (Å²) in [6, 6.07) is 87.0. The average Bonchev–Trinajstić information content (AvgIpc) is 4.18. The smallest absolute Gasteiger partial charge is 0.168 e. The molecule has 0 aliphatic carbocycles. The van der Waals surface area contributed by atoms with Crippen molar-refractivity contribution >= 4 is 65.4 Å². The fourth-order valence-electron chi connectivity index (χ4n) is 10.8. The van der Waals surface area contributed by atoms with Crippen LogP contribution in [-0.4, -0.2) is 28.5 Å². The number of nitrogens with zero attached hydrogens (tertiary/aromatic N) is 6. The maximum atomic E-state index is 4.87.